The van der Waals surface area contributed by atoms with Gasteiger partial charge in [0.15, 0.2) is 0 Å². The van der Waals surface area contributed by atoms with E-state index in [1.54, 1.807) is 27.7 Å². The molecule has 1 aromatic carbocycles. The van der Waals surface area contributed by atoms with Crippen molar-refractivity contribution in [2.75, 3.05) is 13.2 Å². The molecule has 0 aromatic heterocycles. The summed E-state index contributed by atoms with van der Waals surface area (Å²) in [6, 6.07) is 8.32. The van der Waals surface area contributed by atoms with Gasteiger partial charge in [-0.15, -0.1) is 0 Å². The first-order valence-electron chi connectivity index (χ1n) is 8.82. The summed E-state index contributed by atoms with van der Waals surface area (Å²) < 4.78 is 15.2. The molecule has 1 aromatic rings. The smallest absolute Gasteiger partial charge is 0.408 e. The van der Waals surface area contributed by atoms with Crippen molar-refractivity contribution in [1.82, 2.24) is 10.6 Å². The van der Waals surface area contributed by atoms with Crippen LogP contribution in [0.5, 0.6) is 0 Å². The van der Waals surface area contributed by atoms with Crippen LogP contribution < -0.4 is 10.6 Å². The zero-order chi connectivity index (χ0) is 20.3. The maximum Gasteiger partial charge on any atom is 0.408 e. The second-order valence-corrected chi connectivity index (χ2v) is 6.73. The number of carbonyl (C=O) groups excluding carboxylic acids is 3. The topological polar surface area (TPSA) is 103 Å². The Bertz CT molecular complexity index is 612. The van der Waals surface area contributed by atoms with Crippen LogP contribution in [-0.4, -0.2) is 43.0 Å². The van der Waals surface area contributed by atoms with Crippen molar-refractivity contribution in [3.8, 4) is 0 Å². The van der Waals surface area contributed by atoms with Crippen LogP contribution in [0.3, 0.4) is 0 Å². The molecule has 150 valence electrons. The molecular formula is C19H28N2O6. The van der Waals surface area contributed by atoms with Crippen LogP contribution in [0, 0.1) is 0 Å². The predicted octanol–water partition coefficient (Wildman–Crippen LogP) is 2.76. The molecule has 2 amide bonds. The van der Waals surface area contributed by atoms with E-state index in [-0.39, 0.29) is 26.2 Å². The fourth-order valence-corrected chi connectivity index (χ4v) is 2.03. The summed E-state index contributed by atoms with van der Waals surface area (Å²) in [6.45, 7) is 7.26. The standard InChI is InChI=1S/C19H28N2O6/c1-5-25-16(22)15(21-18(24)27-19(2,3)4)11-12-20-17(23)26-13-14-9-7-6-8-10-14/h6-10,15H,5,11-13H2,1-4H3,(H,20,23)(H,21,24)/t15-/m0/s1. The van der Waals surface area contributed by atoms with E-state index >= 15 is 0 Å². The number of amides is 2. The lowest BCUT2D eigenvalue weighted by Gasteiger charge is -2.22. The van der Waals surface area contributed by atoms with E-state index in [1.807, 2.05) is 30.3 Å². The Hall–Kier alpha value is -2.77. The van der Waals surface area contributed by atoms with Gasteiger partial charge in [0.2, 0.25) is 0 Å². The Morgan fingerprint density at radius 3 is 2.30 bits per heavy atom. The minimum Gasteiger partial charge on any atom is -0.464 e. The van der Waals surface area contributed by atoms with Crippen LogP contribution in [0.25, 0.3) is 0 Å². The van der Waals surface area contributed by atoms with E-state index in [0.29, 0.717) is 0 Å². The van der Waals surface area contributed by atoms with Gasteiger partial charge in [0, 0.05) is 6.54 Å². The number of alkyl carbamates (subject to hydrolysis) is 2. The maximum atomic E-state index is 12.0. The first-order valence-corrected chi connectivity index (χ1v) is 8.82. The average Bonchev–Trinajstić information content (AvgIpc) is 2.58. The molecule has 0 aliphatic carbocycles. The zero-order valence-corrected chi connectivity index (χ0v) is 16.2. The Labute approximate surface area is 159 Å². The molecule has 0 bridgehead atoms. The summed E-state index contributed by atoms with van der Waals surface area (Å²) in [7, 11) is 0. The third-order valence-electron chi connectivity index (χ3n) is 3.18. The molecular weight excluding hydrogens is 352 g/mol. The molecule has 0 spiro atoms. The van der Waals surface area contributed by atoms with E-state index in [1.165, 1.54) is 0 Å². The van der Waals surface area contributed by atoms with Crippen molar-refractivity contribution in [1.29, 1.82) is 0 Å². The highest BCUT2D eigenvalue weighted by atomic mass is 16.6. The number of nitrogens with one attached hydrogen (secondary N) is 2. The molecule has 0 aliphatic rings. The Balaban J connectivity index is 2.44. The third-order valence-corrected chi connectivity index (χ3v) is 3.18. The zero-order valence-electron chi connectivity index (χ0n) is 16.2. The summed E-state index contributed by atoms with van der Waals surface area (Å²) in [5.74, 6) is -0.595. The SMILES string of the molecule is CCOC(=O)[C@H](CCNC(=O)OCc1ccccc1)NC(=O)OC(C)(C)C. The van der Waals surface area contributed by atoms with Gasteiger partial charge in [0.05, 0.1) is 6.61 Å². The molecule has 0 fully saturated rings. The number of ether oxygens (including phenoxy) is 3. The summed E-state index contributed by atoms with van der Waals surface area (Å²) in [4.78, 5) is 35.6. The van der Waals surface area contributed by atoms with Crippen molar-refractivity contribution in [2.45, 2.75) is 52.4 Å². The Kier molecular flexibility index (Phi) is 9.12. The first kappa shape index (κ1) is 22.3. The molecule has 0 heterocycles. The van der Waals surface area contributed by atoms with Crippen LogP contribution in [0.4, 0.5) is 9.59 Å². The highest BCUT2D eigenvalue weighted by Gasteiger charge is 2.25. The number of hydrogen-bond donors (Lipinski definition) is 2. The van der Waals surface area contributed by atoms with Crippen molar-refractivity contribution in [2.24, 2.45) is 0 Å². The molecule has 1 atom stereocenters. The molecule has 0 aliphatic heterocycles. The van der Waals surface area contributed by atoms with Gasteiger partial charge in [-0.3, -0.25) is 0 Å². The van der Waals surface area contributed by atoms with Crippen molar-refractivity contribution < 1.29 is 28.6 Å². The fourth-order valence-electron chi connectivity index (χ4n) is 2.03. The largest absolute Gasteiger partial charge is 0.464 e. The fraction of sp³-hybridized carbons (Fsp3) is 0.526. The van der Waals surface area contributed by atoms with E-state index in [4.69, 9.17) is 14.2 Å². The first-order chi connectivity index (χ1) is 12.7. The number of esters is 1. The summed E-state index contributed by atoms with van der Waals surface area (Å²) in [5.41, 5.74) is 0.173. The Morgan fingerprint density at radius 1 is 1.04 bits per heavy atom. The Morgan fingerprint density at radius 2 is 1.70 bits per heavy atom. The molecule has 8 heteroatoms. The van der Waals surface area contributed by atoms with E-state index in [9.17, 15) is 14.4 Å². The maximum absolute atomic E-state index is 12.0. The summed E-state index contributed by atoms with van der Waals surface area (Å²) >= 11 is 0. The highest BCUT2D eigenvalue weighted by molar-refractivity contribution is 5.81. The van der Waals surface area contributed by atoms with Crippen molar-refractivity contribution in [3.05, 3.63) is 35.9 Å². The minimum absolute atomic E-state index is 0.118. The normalized spacial score (nSPS) is 11.9. The van der Waals surface area contributed by atoms with E-state index in [0.717, 1.165) is 5.56 Å². The van der Waals surface area contributed by atoms with E-state index < -0.39 is 29.8 Å². The molecule has 0 radical (unpaired) electrons. The minimum atomic E-state index is -0.936. The molecule has 0 unspecified atom stereocenters. The van der Waals surface area contributed by atoms with Gasteiger partial charge in [0.25, 0.3) is 0 Å². The van der Waals surface area contributed by atoms with E-state index in [2.05, 4.69) is 10.6 Å². The molecule has 2 N–H and O–H groups in total. The van der Waals surface area contributed by atoms with Gasteiger partial charge in [-0.05, 0) is 39.7 Å². The number of rotatable bonds is 8. The van der Waals surface area contributed by atoms with Gasteiger partial charge in [-0.1, -0.05) is 30.3 Å². The van der Waals surface area contributed by atoms with Crippen LogP contribution in [0.15, 0.2) is 30.3 Å². The quantitative estimate of drug-likeness (QED) is 0.531. The van der Waals surface area contributed by atoms with Gasteiger partial charge >= 0.3 is 18.2 Å². The van der Waals surface area contributed by atoms with Crippen molar-refractivity contribution in [3.63, 3.8) is 0 Å². The van der Waals surface area contributed by atoms with Crippen LogP contribution in [0.2, 0.25) is 0 Å². The summed E-state index contributed by atoms with van der Waals surface area (Å²) in [5, 5.41) is 5.00. The van der Waals surface area contributed by atoms with Crippen LogP contribution >= 0.6 is 0 Å². The van der Waals surface area contributed by atoms with Gasteiger partial charge in [0.1, 0.15) is 18.2 Å². The lowest BCUT2D eigenvalue weighted by Crippen LogP contribution is -2.46. The monoisotopic (exact) mass is 380 g/mol. The molecule has 1 rings (SSSR count). The second-order valence-electron chi connectivity index (χ2n) is 6.73. The predicted molar refractivity (Wildman–Crippen MR) is 99.0 cm³/mol. The van der Waals surface area contributed by atoms with Gasteiger partial charge in [-0.25, -0.2) is 14.4 Å². The number of carbonyl (C=O) groups is 3. The molecule has 27 heavy (non-hydrogen) atoms. The second kappa shape index (κ2) is 11.1. The summed E-state index contributed by atoms with van der Waals surface area (Å²) in [6.07, 6.45) is -1.20. The average molecular weight is 380 g/mol. The molecule has 0 saturated carbocycles. The molecule has 8 nitrogen and oxygen atoms in total. The number of benzene rings is 1. The lowest BCUT2D eigenvalue weighted by molar-refractivity contribution is -0.145. The highest BCUT2D eigenvalue weighted by Crippen LogP contribution is 2.07. The van der Waals surface area contributed by atoms with Gasteiger partial charge < -0.3 is 24.8 Å². The van der Waals surface area contributed by atoms with Crippen LogP contribution in [-0.2, 0) is 25.6 Å². The number of hydrogen-bond acceptors (Lipinski definition) is 6. The third kappa shape index (κ3) is 10.1. The van der Waals surface area contributed by atoms with Crippen LogP contribution in [0.1, 0.15) is 39.7 Å². The van der Waals surface area contributed by atoms with Crippen molar-refractivity contribution >= 4 is 18.2 Å². The lowest BCUT2D eigenvalue weighted by atomic mass is 10.2. The van der Waals surface area contributed by atoms with Gasteiger partial charge in [-0.2, -0.15) is 0 Å². The molecule has 0 saturated heterocycles.